The molecule has 1 amide bonds. The molecule has 0 aliphatic carbocycles. The maximum atomic E-state index is 12.1. The van der Waals surface area contributed by atoms with Gasteiger partial charge in [0.1, 0.15) is 6.07 Å². The summed E-state index contributed by atoms with van der Waals surface area (Å²) in [6.07, 6.45) is -1.02. The zero-order chi connectivity index (χ0) is 17.7. The molecule has 2 aromatic carbocycles. The van der Waals surface area contributed by atoms with Gasteiger partial charge in [-0.25, -0.2) is 4.79 Å². The minimum Gasteiger partial charge on any atom is -0.449 e. The zero-order valence-electron chi connectivity index (χ0n) is 13.4. The van der Waals surface area contributed by atoms with Crippen molar-refractivity contribution in [2.75, 3.05) is 11.1 Å². The number of hydrogen-bond acceptors (Lipinski definition) is 5. The summed E-state index contributed by atoms with van der Waals surface area (Å²) < 4.78 is 5.15. The van der Waals surface area contributed by atoms with Gasteiger partial charge in [0.25, 0.3) is 5.91 Å². The van der Waals surface area contributed by atoms with Crippen molar-refractivity contribution in [3.8, 4) is 6.07 Å². The number of benzene rings is 2. The highest BCUT2D eigenvalue weighted by Gasteiger charge is 2.20. The molecule has 6 heteroatoms. The van der Waals surface area contributed by atoms with Gasteiger partial charge < -0.3 is 15.8 Å². The van der Waals surface area contributed by atoms with E-state index >= 15 is 0 Å². The van der Waals surface area contributed by atoms with Gasteiger partial charge in [-0.15, -0.1) is 0 Å². The van der Waals surface area contributed by atoms with E-state index in [1.165, 1.54) is 13.0 Å². The van der Waals surface area contributed by atoms with Crippen molar-refractivity contribution in [2.45, 2.75) is 20.0 Å². The van der Waals surface area contributed by atoms with Gasteiger partial charge >= 0.3 is 5.97 Å². The van der Waals surface area contributed by atoms with Crippen LogP contribution in [-0.2, 0) is 9.53 Å². The fourth-order valence-electron chi connectivity index (χ4n) is 1.97. The van der Waals surface area contributed by atoms with Crippen LogP contribution in [0.4, 0.5) is 11.4 Å². The fraction of sp³-hybridized carbons (Fsp3) is 0.167. The van der Waals surface area contributed by atoms with Crippen LogP contribution in [0.25, 0.3) is 0 Å². The molecule has 122 valence electrons. The minimum atomic E-state index is -1.02. The molecule has 0 saturated carbocycles. The Bertz CT molecular complexity index is 824. The zero-order valence-corrected chi connectivity index (χ0v) is 13.4. The van der Waals surface area contributed by atoms with Crippen molar-refractivity contribution in [3.05, 3.63) is 59.2 Å². The molecule has 0 radical (unpaired) electrons. The predicted octanol–water partition coefficient (Wildman–Crippen LogP) is 2.63. The monoisotopic (exact) mass is 323 g/mol. The summed E-state index contributed by atoms with van der Waals surface area (Å²) >= 11 is 0. The number of rotatable bonds is 4. The Balaban J connectivity index is 2.04. The average molecular weight is 323 g/mol. The number of ether oxygens (including phenoxy) is 1. The molecule has 3 N–H and O–H groups in total. The first-order valence-corrected chi connectivity index (χ1v) is 7.29. The molecule has 0 spiro atoms. The van der Waals surface area contributed by atoms with Crippen molar-refractivity contribution in [1.82, 2.24) is 0 Å². The first-order chi connectivity index (χ1) is 11.4. The number of hydrogen-bond donors (Lipinski definition) is 2. The van der Waals surface area contributed by atoms with Crippen molar-refractivity contribution in [1.29, 1.82) is 5.26 Å². The van der Waals surface area contributed by atoms with E-state index in [9.17, 15) is 9.59 Å². The number of nitriles is 1. The summed E-state index contributed by atoms with van der Waals surface area (Å²) in [5, 5.41) is 11.6. The largest absolute Gasteiger partial charge is 0.449 e. The van der Waals surface area contributed by atoms with Gasteiger partial charge in [0.05, 0.1) is 16.8 Å². The number of carbonyl (C=O) groups is 2. The molecule has 0 heterocycles. The molecule has 1 atom stereocenters. The molecule has 0 aliphatic rings. The second-order valence-electron chi connectivity index (χ2n) is 5.27. The van der Waals surface area contributed by atoms with Gasteiger partial charge in [0.2, 0.25) is 0 Å². The fourth-order valence-corrected chi connectivity index (χ4v) is 1.97. The summed E-state index contributed by atoms with van der Waals surface area (Å²) in [6, 6.07) is 13.4. The number of nitrogen functional groups attached to an aromatic ring is 1. The molecular formula is C18H17N3O3. The molecule has 2 aromatic rings. The van der Waals surface area contributed by atoms with Crippen LogP contribution in [0, 0.1) is 18.3 Å². The normalized spacial score (nSPS) is 11.2. The second kappa shape index (κ2) is 7.29. The molecule has 6 nitrogen and oxygen atoms in total. The predicted molar refractivity (Wildman–Crippen MR) is 90.3 cm³/mol. The van der Waals surface area contributed by atoms with Crippen molar-refractivity contribution in [2.24, 2.45) is 0 Å². The molecule has 0 bridgehead atoms. The van der Waals surface area contributed by atoms with E-state index in [-0.39, 0.29) is 5.56 Å². The lowest BCUT2D eigenvalue weighted by atomic mass is 10.1. The first-order valence-electron chi connectivity index (χ1n) is 7.29. The topological polar surface area (TPSA) is 105 Å². The Hall–Kier alpha value is -3.33. The molecule has 0 saturated heterocycles. The second-order valence-corrected chi connectivity index (χ2v) is 5.27. The van der Waals surface area contributed by atoms with Gasteiger partial charge in [-0.05, 0) is 43.7 Å². The lowest BCUT2D eigenvalue weighted by molar-refractivity contribution is -0.123. The van der Waals surface area contributed by atoms with Crippen LogP contribution < -0.4 is 11.1 Å². The Kier molecular flexibility index (Phi) is 5.17. The number of esters is 1. The lowest BCUT2D eigenvalue weighted by Crippen LogP contribution is -2.30. The van der Waals surface area contributed by atoms with Crippen LogP contribution in [-0.4, -0.2) is 18.0 Å². The number of para-hydroxylation sites is 1. The third kappa shape index (κ3) is 3.90. The van der Waals surface area contributed by atoms with E-state index in [4.69, 9.17) is 15.7 Å². The molecule has 0 aliphatic heterocycles. The van der Waals surface area contributed by atoms with Crippen LogP contribution in [0.3, 0.4) is 0 Å². The number of nitrogens with one attached hydrogen (secondary N) is 1. The van der Waals surface area contributed by atoms with Crippen LogP contribution >= 0.6 is 0 Å². The van der Waals surface area contributed by atoms with E-state index in [1.807, 2.05) is 13.0 Å². The summed E-state index contributed by atoms with van der Waals surface area (Å²) in [7, 11) is 0. The Labute approximate surface area is 139 Å². The maximum absolute atomic E-state index is 12.1. The van der Waals surface area contributed by atoms with Crippen LogP contribution in [0.5, 0.6) is 0 Å². The van der Waals surface area contributed by atoms with Gasteiger partial charge in [-0.2, -0.15) is 5.26 Å². The number of carbonyl (C=O) groups excluding carboxylic acids is 2. The van der Waals surface area contributed by atoms with Gasteiger partial charge in [0.15, 0.2) is 6.10 Å². The third-order valence-electron chi connectivity index (χ3n) is 3.47. The summed E-state index contributed by atoms with van der Waals surface area (Å²) in [4.78, 5) is 24.2. The highest BCUT2D eigenvalue weighted by molar-refractivity contribution is 5.98. The maximum Gasteiger partial charge on any atom is 0.338 e. The van der Waals surface area contributed by atoms with Gasteiger partial charge in [-0.3, -0.25) is 4.79 Å². The quantitative estimate of drug-likeness (QED) is 0.664. The lowest BCUT2D eigenvalue weighted by Gasteiger charge is -2.14. The molecule has 2 rings (SSSR count). The first kappa shape index (κ1) is 17.0. The van der Waals surface area contributed by atoms with Crippen molar-refractivity contribution < 1.29 is 14.3 Å². The summed E-state index contributed by atoms with van der Waals surface area (Å²) in [6.45, 7) is 3.28. The van der Waals surface area contributed by atoms with Gasteiger partial charge in [-0.1, -0.05) is 18.2 Å². The summed E-state index contributed by atoms with van der Waals surface area (Å²) in [5.41, 5.74) is 8.06. The Morgan fingerprint density at radius 1 is 1.25 bits per heavy atom. The van der Waals surface area contributed by atoms with Crippen LogP contribution in [0.1, 0.15) is 28.4 Å². The minimum absolute atomic E-state index is 0.273. The van der Waals surface area contributed by atoms with E-state index < -0.39 is 18.0 Å². The van der Waals surface area contributed by atoms with E-state index in [0.29, 0.717) is 16.9 Å². The van der Waals surface area contributed by atoms with Crippen molar-refractivity contribution in [3.63, 3.8) is 0 Å². The molecular weight excluding hydrogens is 306 g/mol. The third-order valence-corrected chi connectivity index (χ3v) is 3.47. The Morgan fingerprint density at radius 2 is 1.96 bits per heavy atom. The number of nitrogens with zero attached hydrogens (tertiary/aromatic N) is 1. The SMILES string of the molecule is Cc1ccc(C(=O)O[C@H](C)C(=O)Nc2ccccc2C#N)cc1N. The van der Waals surface area contributed by atoms with E-state index in [0.717, 1.165) is 5.56 Å². The standard InChI is InChI=1S/C18H17N3O3/c1-11-7-8-13(9-15(11)20)18(23)24-12(2)17(22)21-16-6-4-3-5-14(16)10-19/h3-9,12H,20H2,1-2H3,(H,21,22)/t12-/m1/s1. The number of amides is 1. The van der Waals surface area contributed by atoms with Crippen LogP contribution in [0.2, 0.25) is 0 Å². The number of anilines is 2. The number of aryl methyl sites for hydroxylation is 1. The summed E-state index contributed by atoms with van der Waals surface area (Å²) in [5.74, 6) is -1.16. The number of nitrogens with two attached hydrogens (primary N) is 1. The van der Waals surface area contributed by atoms with Crippen molar-refractivity contribution >= 4 is 23.3 Å². The van der Waals surface area contributed by atoms with E-state index in [1.54, 1.807) is 36.4 Å². The molecule has 0 aromatic heterocycles. The van der Waals surface area contributed by atoms with Gasteiger partial charge in [0, 0.05) is 5.69 Å². The molecule has 24 heavy (non-hydrogen) atoms. The van der Waals surface area contributed by atoms with Crippen LogP contribution in [0.15, 0.2) is 42.5 Å². The smallest absolute Gasteiger partial charge is 0.338 e. The Morgan fingerprint density at radius 3 is 2.62 bits per heavy atom. The molecule has 0 fully saturated rings. The highest BCUT2D eigenvalue weighted by Crippen LogP contribution is 2.16. The van der Waals surface area contributed by atoms with E-state index in [2.05, 4.69) is 5.32 Å². The molecule has 0 unspecified atom stereocenters. The highest BCUT2D eigenvalue weighted by atomic mass is 16.5. The average Bonchev–Trinajstić information content (AvgIpc) is 2.57.